The number of hydrogen-bond acceptors (Lipinski definition) is 3. The van der Waals surface area contributed by atoms with Gasteiger partial charge in [-0.25, -0.2) is 0 Å². The summed E-state index contributed by atoms with van der Waals surface area (Å²) >= 11 is 0. The summed E-state index contributed by atoms with van der Waals surface area (Å²) in [6, 6.07) is 61.3. The van der Waals surface area contributed by atoms with Crippen molar-refractivity contribution in [2.24, 2.45) is 0 Å². The Balaban J connectivity index is 1.05. The van der Waals surface area contributed by atoms with Gasteiger partial charge in [-0.15, -0.1) is 0 Å². The van der Waals surface area contributed by atoms with Crippen molar-refractivity contribution in [1.82, 2.24) is 0 Å². The van der Waals surface area contributed by atoms with Crippen molar-refractivity contribution in [3.8, 4) is 22.3 Å². The first kappa shape index (κ1) is 33.0. The molecule has 1 aromatic heterocycles. The van der Waals surface area contributed by atoms with E-state index >= 15 is 0 Å². The predicted molar refractivity (Wildman–Crippen MR) is 231 cm³/mol. The number of hydrogen-bond donors (Lipinski definition) is 0. The Morgan fingerprint density at radius 1 is 0.564 bits per heavy atom. The molecule has 0 bridgehead atoms. The summed E-state index contributed by atoms with van der Waals surface area (Å²) in [6.07, 6.45) is 5.71. The summed E-state index contributed by atoms with van der Waals surface area (Å²) in [5.41, 5.74) is 16.3. The van der Waals surface area contributed by atoms with Crippen LogP contribution in [-0.4, -0.2) is 0 Å². The van der Waals surface area contributed by atoms with E-state index in [0.29, 0.717) is 5.92 Å². The third-order valence-corrected chi connectivity index (χ3v) is 11.6. The Labute approximate surface area is 323 Å². The van der Waals surface area contributed by atoms with Crippen molar-refractivity contribution in [2.45, 2.75) is 38.5 Å². The number of allylic oxidation sites excluding steroid dienone is 1. The van der Waals surface area contributed by atoms with Crippen LogP contribution < -0.4 is 9.80 Å². The average Bonchev–Trinajstić information content (AvgIpc) is 3.73. The van der Waals surface area contributed by atoms with Gasteiger partial charge in [0.15, 0.2) is 0 Å². The molecule has 0 N–H and O–H groups in total. The van der Waals surface area contributed by atoms with Gasteiger partial charge in [0.1, 0.15) is 11.3 Å². The quantitative estimate of drug-likeness (QED) is 0.164. The summed E-state index contributed by atoms with van der Waals surface area (Å²) < 4.78 is 6.56. The standard InChI is InChI=1S/C52H42N2O/c1-35-14-12-21-44-43(35)20-13-22-48(44)54(42-32-33-45-47(34-42)52(2,3)51-50(45)46-19-10-11-23-49(46)55-51)41-30-26-37(27-31-41)36-24-28-40(29-25-36)53(38-15-6-4-7-16-38)39-17-8-5-9-18-39/h4-13,15-35H,14H2,1-3H3. The van der Waals surface area contributed by atoms with Gasteiger partial charge in [0, 0.05) is 50.4 Å². The molecule has 0 radical (unpaired) electrons. The van der Waals surface area contributed by atoms with E-state index in [-0.39, 0.29) is 5.41 Å². The molecule has 2 aliphatic rings. The van der Waals surface area contributed by atoms with Gasteiger partial charge in [-0.3, -0.25) is 0 Å². The lowest BCUT2D eigenvalue weighted by atomic mass is 9.85. The van der Waals surface area contributed by atoms with Gasteiger partial charge in [-0.05, 0) is 127 Å². The van der Waals surface area contributed by atoms with E-state index in [9.17, 15) is 0 Å². The van der Waals surface area contributed by atoms with E-state index in [1.165, 1.54) is 50.0 Å². The first-order valence-corrected chi connectivity index (χ1v) is 19.3. The third kappa shape index (κ3) is 5.50. The van der Waals surface area contributed by atoms with Crippen LogP contribution in [0.5, 0.6) is 0 Å². The Bertz CT molecular complexity index is 2670. The zero-order valence-corrected chi connectivity index (χ0v) is 31.4. The highest BCUT2D eigenvalue weighted by atomic mass is 16.3. The van der Waals surface area contributed by atoms with Crippen LogP contribution in [0.4, 0.5) is 34.1 Å². The average molecular weight is 711 g/mol. The van der Waals surface area contributed by atoms with Gasteiger partial charge in [0.2, 0.25) is 0 Å². The molecule has 0 saturated heterocycles. The Morgan fingerprint density at radius 3 is 1.82 bits per heavy atom. The van der Waals surface area contributed by atoms with E-state index < -0.39 is 0 Å². The van der Waals surface area contributed by atoms with Crippen LogP contribution in [0.3, 0.4) is 0 Å². The maximum atomic E-state index is 6.56. The molecule has 0 fully saturated rings. The van der Waals surface area contributed by atoms with Crippen LogP contribution in [0.15, 0.2) is 180 Å². The summed E-state index contributed by atoms with van der Waals surface area (Å²) in [4.78, 5) is 4.74. The molecule has 0 spiro atoms. The third-order valence-electron chi connectivity index (χ3n) is 11.6. The highest BCUT2D eigenvalue weighted by Gasteiger charge is 2.41. The molecule has 55 heavy (non-hydrogen) atoms. The van der Waals surface area contributed by atoms with Crippen molar-refractivity contribution >= 4 is 51.2 Å². The van der Waals surface area contributed by atoms with Crippen LogP contribution in [0.2, 0.25) is 0 Å². The molecule has 10 rings (SSSR count). The van der Waals surface area contributed by atoms with Gasteiger partial charge in [-0.2, -0.15) is 0 Å². The first-order valence-electron chi connectivity index (χ1n) is 19.3. The van der Waals surface area contributed by atoms with E-state index in [4.69, 9.17) is 4.42 Å². The summed E-state index contributed by atoms with van der Waals surface area (Å²) in [6.45, 7) is 6.92. The minimum absolute atomic E-state index is 0.275. The van der Waals surface area contributed by atoms with Crippen molar-refractivity contribution in [2.75, 3.05) is 9.80 Å². The number of anilines is 6. The Morgan fingerprint density at radius 2 is 1.15 bits per heavy atom. The number of para-hydroxylation sites is 3. The van der Waals surface area contributed by atoms with Crippen molar-refractivity contribution in [3.63, 3.8) is 0 Å². The van der Waals surface area contributed by atoms with Crippen molar-refractivity contribution < 1.29 is 4.42 Å². The molecule has 7 aromatic carbocycles. The molecule has 1 heterocycles. The highest BCUT2D eigenvalue weighted by Crippen LogP contribution is 2.54. The smallest absolute Gasteiger partial charge is 0.134 e. The minimum Gasteiger partial charge on any atom is -0.459 e. The molecule has 8 aromatic rings. The molecular formula is C52H42N2O. The summed E-state index contributed by atoms with van der Waals surface area (Å²) in [5, 5.41) is 1.18. The van der Waals surface area contributed by atoms with Gasteiger partial charge in [-0.1, -0.05) is 116 Å². The molecule has 3 nitrogen and oxygen atoms in total. The second-order valence-electron chi connectivity index (χ2n) is 15.4. The van der Waals surface area contributed by atoms with Crippen LogP contribution in [0, 0.1) is 0 Å². The number of benzene rings is 7. The lowest BCUT2D eigenvalue weighted by molar-refractivity contribution is 0.465. The fraction of sp³-hybridized carbons (Fsp3) is 0.115. The molecule has 2 aliphatic carbocycles. The van der Waals surface area contributed by atoms with Gasteiger partial charge >= 0.3 is 0 Å². The van der Waals surface area contributed by atoms with Crippen molar-refractivity contribution in [1.29, 1.82) is 0 Å². The van der Waals surface area contributed by atoms with E-state index in [1.807, 2.05) is 0 Å². The second-order valence-corrected chi connectivity index (χ2v) is 15.4. The first-order chi connectivity index (χ1) is 27.0. The normalized spacial score (nSPS) is 15.0. The highest BCUT2D eigenvalue weighted by molar-refractivity contribution is 6.01. The van der Waals surface area contributed by atoms with Crippen LogP contribution in [0.25, 0.3) is 39.3 Å². The second kappa shape index (κ2) is 13.1. The van der Waals surface area contributed by atoms with Gasteiger partial charge in [0.05, 0.1) is 5.69 Å². The zero-order valence-electron chi connectivity index (χ0n) is 31.4. The SMILES string of the molecule is CC1CC=Cc2c1cccc2N(c1ccc(-c2ccc(N(c3ccccc3)c3ccccc3)cc2)cc1)c1ccc2c(c1)C(C)(C)c1oc3ccccc3c1-2. The predicted octanol–water partition coefficient (Wildman–Crippen LogP) is 14.9. The molecule has 0 aliphatic heterocycles. The zero-order chi connectivity index (χ0) is 37.1. The van der Waals surface area contributed by atoms with Gasteiger partial charge < -0.3 is 14.2 Å². The van der Waals surface area contributed by atoms with E-state index in [0.717, 1.165) is 46.2 Å². The summed E-state index contributed by atoms with van der Waals surface area (Å²) in [5.74, 6) is 1.52. The number of rotatable bonds is 7. The molecule has 0 amide bonds. The number of nitrogens with zero attached hydrogens (tertiary/aromatic N) is 2. The van der Waals surface area contributed by atoms with Crippen LogP contribution in [-0.2, 0) is 5.41 Å². The molecule has 0 saturated carbocycles. The lowest BCUT2D eigenvalue weighted by Crippen LogP contribution is -2.17. The monoisotopic (exact) mass is 710 g/mol. The molecule has 266 valence electrons. The van der Waals surface area contributed by atoms with Crippen LogP contribution >= 0.6 is 0 Å². The molecule has 3 heteroatoms. The molecular weight excluding hydrogens is 669 g/mol. The fourth-order valence-electron chi connectivity index (χ4n) is 8.81. The number of furan rings is 1. The Hall–Kier alpha value is -6.58. The largest absolute Gasteiger partial charge is 0.459 e. The summed E-state index contributed by atoms with van der Waals surface area (Å²) in [7, 11) is 0. The maximum absolute atomic E-state index is 6.56. The van der Waals surface area contributed by atoms with Gasteiger partial charge in [0.25, 0.3) is 0 Å². The maximum Gasteiger partial charge on any atom is 0.134 e. The topological polar surface area (TPSA) is 19.6 Å². The Kier molecular flexibility index (Phi) is 7.85. The number of fused-ring (bicyclic) bond motifs is 6. The fourth-order valence-corrected chi connectivity index (χ4v) is 8.81. The van der Waals surface area contributed by atoms with Crippen LogP contribution in [0.1, 0.15) is 55.6 Å². The van der Waals surface area contributed by atoms with E-state index in [1.54, 1.807) is 0 Å². The molecule has 1 unspecified atom stereocenters. The van der Waals surface area contributed by atoms with Crippen molar-refractivity contribution in [3.05, 3.63) is 198 Å². The molecule has 1 atom stereocenters. The minimum atomic E-state index is -0.275. The van der Waals surface area contributed by atoms with E-state index in [2.05, 4.69) is 213 Å². The lowest BCUT2D eigenvalue weighted by Gasteiger charge is -2.31.